The number of hydrogen-bond acceptors (Lipinski definition) is 4. The van der Waals surface area contributed by atoms with Gasteiger partial charge in [-0.15, -0.1) is 11.8 Å². The maximum atomic E-state index is 12.5. The van der Waals surface area contributed by atoms with Gasteiger partial charge in [0.15, 0.2) is 11.5 Å². The van der Waals surface area contributed by atoms with Crippen LogP contribution in [-0.4, -0.2) is 37.3 Å². The first-order valence-electron chi connectivity index (χ1n) is 7.94. The van der Waals surface area contributed by atoms with Crippen molar-refractivity contribution < 1.29 is 14.3 Å². The second-order valence-electron chi connectivity index (χ2n) is 5.34. The average Bonchev–Trinajstić information content (AvgIpc) is 2.65. The Bertz CT molecular complexity index is 706. The van der Waals surface area contributed by atoms with Crippen molar-refractivity contribution in [2.24, 2.45) is 0 Å². The van der Waals surface area contributed by atoms with Crippen LogP contribution >= 0.6 is 23.4 Å². The molecule has 0 aromatic heterocycles. The Morgan fingerprint density at radius 2 is 1.76 bits per heavy atom. The Labute approximate surface area is 158 Å². The molecule has 2 rings (SSSR count). The normalized spacial score (nSPS) is 10.4. The Morgan fingerprint density at radius 3 is 2.36 bits per heavy atom. The van der Waals surface area contributed by atoms with E-state index in [9.17, 15) is 4.79 Å². The van der Waals surface area contributed by atoms with Crippen LogP contribution < -0.4 is 9.47 Å². The monoisotopic (exact) mass is 379 g/mol. The number of hydrogen-bond donors (Lipinski definition) is 0. The first-order chi connectivity index (χ1) is 12.1. The molecule has 0 spiro atoms. The Morgan fingerprint density at radius 1 is 1.08 bits per heavy atom. The molecule has 1 amide bonds. The molecular weight excluding hydrogens is 358 g/mol. The minimum atomic E-state index is 0.0947. The molecule has 0 saturated carbocycles. The predicted octanol–water partition coefficient (Wildman–Crippen LogP) is 4.50. The number of nitrogens with zero attached hydrogens (tertiary/aromatic N) is 1. The molecule has 6 heteroatoms. The van der Waals surface area contributed by atoms with E-state index in [0.717, 1.165) is 10.5 Å². The Kier molecular flexibility index (Phi) is 7.47. The maximum absolute atomic E-state index is 12.5. The third-order valence-corrected chi connectivity index (χ3v) is 4.98. The summed E-state index contributed by atoms with van der Waals surface area (Å²) in [6.45, 7) is 3.16. The van der Waals surface area contributed by atoms with Crippen molar-refractivity contribution in [2.45, 2.75) is 18.4 Å². The molecule has 0 aliphatic rings. The van der Waals surface area contributed by atoms with Gasteiger partial charge in [-0.2, -0.15) is 0 Å². The first kappa shape index (κ1) is 19.5. The number of halogens is 1. The van der Waals surface area contributed by atoms with E-state index in [-0.39, 0.29) is 5.91 Å². The van der Waals surface area contributed by atoms with Crippen LogP contribution in [-0.2, 0) is 11.3 Å². The maximum Gasteiger partial charge on any atom is 0.233 e. The van der Waals surface area contributed by atoms with E-state index >= 15 is 0 Å². The molecule has 0 unspecified atom stereocenters. The summed E-state index contributed by atoms with van der Waals surface area (Å²) in [5, 5.41) is 0.694. The molecule has 0 radical (unpaired) electrons. The fourth-order valence-corrected chi connectivity index (χ4v) is 3.27. The highest BCUT2D eigenvalue weighted by molar-refractivity contribution is 8.00. The lowest BCUT2D eigenvalue weighted by Crippen LogP contribution is -2.31. The van der Waals surface area contributed by atoms with Gasteiger partial charge in [-0.05, 0) is 48.9 Å². The Hall–Kier alpha value is -1.85. The van der Waals surface area contributed by atoms with Crippen molar-refractivity contribution in [3.05, 3.63) is 53.1 Å². The third-order valence-electron chi connectivity index (χ3n) is 3.73. The summed E-state index contributed by atoms with van der Waals surface area (Å²) in [7, 11) is 3.21. The molecule has 0 heterocycles. The van der Waals surface area contributed by atoms with Gasteiger partial charge in [0, 0.05) is 23.0 Å². The summed E-state index contributed by atoms with van der Waals surface area (Å²) in [6, 6.07) is 13.2. The van der Waals surface area contributed by atoms with Crippen LogP contribution in [0.4, 0.5) is 0 Å². The number of amides is 1. The fraction of sp³-hybridized carbons (Fsp3) is 0.316. The van der Waals surface area contributed by atoms with Gasteiger partial charge in [0.05, 0.1) is 20.0 Å². The lowest BCUT2D eigenvalue weighted by atomic mass is 10.2. The third kappa shape index (κ3) is 5.58. The minimum absolute atomic E-state index is 0.0947. The van der Waals surface area contributed by atoms with Crippen molar-refractivity contribution in [2.75, 3.05) is 26.5 Å². The summed E-state index contributed by atoms with van der Waals surface area (Å²) in [4.78, 5) is 15.4. The summed E-state index contributed by atoms with van der Waals surface area (Å²) < 4.78 is 10.6. The van der Waals surface area contributed by atoms with Gasteiger partial charge in [-0.25, -0.2) is 0 Å². The smallest absolute Gasteiger partial charge is 0.233 e. The van der Waals surface area contributed by atoms with Gasteiger partial charge >= 0.3 is 0 Å². The summed E-state index contributed by atoms with van der Waals surface area (Å²) in [6.07, 6.45) is 0. The van der Waals surface area contributed by atoms with Gasteiger partial charge < -0.3 is 14.4 Å². The van der Waals surface area contributed by atoms with Crippen LogP contribution in [0.5, 0.6) is 11.5 Å². The van der Waals surface area contributed by atoms with E-state index in [1.54, 1.807) is 14.2 Å². The Balaban J connectivity index is 1.98. The average molecular weight is 380 g/mol. The molecule has 2 aromatic rings. The van der Waals surface area contributed by atoms with Gasteiger partial charge in [-0.1, -0.05) is 17.7 Å². The molecule has 0 aliphatic carbocycles. The summed E-state index contributed by atoms with van der Waals surface area (Å²) in [5.41, 5.74) is 1.00. The standard InChI is InChI=1S/C19H22ClNO3S/c1-4-21(12-14-5-10-17(23-2)18(11-14)24-3)19(22)13-25-16-8-6-15(20)7-9-16/h5-11H,4,12-13H2,1-3H3. The van der Waals surface area contributed by atoms with Gasteiger partial charge in [0.2, 0.25) is 5.91 Å². The van der Waals surface area contributed by atoms with E-state index < -0.39 is 0 Å². The number of carbonyl (C=O) groups excluding carboxylic acids is 1. The van der Waals surface area contributed by atoms with Crippen LogP contribution in [0.15, 0.2) is 47.4 Å². The van der Waals surface area contributed by atoms with Crippen LogP contribution in [0.2, 0.25) is 5.02 Å². The second-order valence-corrected chi connectivity index (χ2v) is 6.83. The molecule has 0 bridgehead atoms. The highest BCUT2D eigenvalue weighted by Crippen LogP contribution is 2.28. The van der Waals surface area contributed by atoms with Crippen molar-refractivity contribution in [3.63, 3.8) is 0 Å². The van der Waals surface area contributed by atoms with E-state index in [2.05, 4.69) is 0 Å². The highest BCUT2D eigenvalue weighted by Gasteiger charge is 2.14. The van der Waals surface area contributed by atoms with E-state index in [1.807, 2.05) is 54.3 Å². The lowest BCUT2D eigenvalue weighted by molar-refractivity contribution is -0.128. The zero-order valence-electron chi connectivity index (χ0n) is 14.6. The van der Waals surface area contributed by atoms with E-state index in [0.29, 0.717) is 35.4 Å². The molecule has 0 saturated heterocycles. The number of ether oxygens (including phenoxy) is 2. The highest BCUT2D eigenvalue weighted by atomic mass is 35.5. The topological polar surface area (TPSA) is 38.8 Å². The molecule has 2 aromatic carbocycles. The molecule has 4 nitrogen and oxygen atoms in total. The quantitative estimate of drug-likeness (QED) is 0.633. The van der Waals surface area contributed by atoms with Crippen LogP contribution in [0.3, 0.4) is 0 Å². The van der Waals surface area contributed by atoms with Gasteiger partial charge in [0.25, 0.3) is 0 Å². The summed E-state index contributed by atoms with van der Waals surface area (Å²) >= 11 is 7.39. The summed E-state index contributed by atoms with van der Waals surface area (Å²) in [5.74, 6) is 1.83. The molecule has 0 fully saturated rings. The van der Waals surface area contributed by atoms with Crippen LogP contribution in [0, 0.1) is 0 Å². The number of thioether (sulfide) groups is 1. The largest absolute Gasteiger partial charge is 0.493 e. The number of carbonyl (C=O) groups is 1. The van der Waals surface area contributed by atoms with Crippen molar-refractivity contribution >= 4 is 29.3 Å². The molecular formula is C19H22ClNO3S. The van der Waals surface area contributed by atoms with Gasteiger partial charge in [-0.3, -0.25) is 4.79 Å². The minimum Gasteiger partial charge on any atom is -0.493 e. The number of rotatable bonds is 8. The van der Waals surface area contributed by atoms with E-state index in [1.165, 1.54) is 11.8 Å². The SMILES string of the molecule is CCN(Cc1ccc(OC)c(OC)c1)C(=O)CSc1ccc(Cl)cc1. The lowest BCUT2D eigenvalue weighted by Gasteiger charge is -2.21. The first-order valence-corrected chi connectivity index (χ1v) is 9.30. The second kappa shape index (κ2) is 9.59. The van der Waals surface area contributed by atoms with Crippen LogP contribution in [0.25, 0.3) is 0 Å². The van der Waals surface area contributed by atoms with Gasteiger partial charge in [0.1, 0.15) is 0 Å². The molecule has 25 heavy (non-hydrogen) atoms. The molecule has 0 atom stereocenters. The number of benzene rings is 2. The molecule has 134 valence electrons. The predicted molar refractivity (Wildman–Crippen MR) is 103 cm³/mol. The van der Waals surface area contributed by atoms with Crippen molar-refractivity contribution in [3.8, 4) is 11.5 Å². The molecule has 0 aliphatic heterocycles. The van der Waals surface area contributed by atoms with Crippen LogP contribution in [0.1, 0.15) is 12.5 Å². The molecule has 0 N–H and O–H groups in total. The zero-order chi connectivity index (χ0) is 18.2. The van der Waals surface area contributed by atoms with Crippen molar-refractivity contribution in [1.29, 1.82) is 0 Å². The van der Waals surface area contributed by atoms with E-state index in [4.69, 9.17) is 21.1 Å². The number of methoxy groups -OCH3 is 2. The zero-order valence-corrected chi connectivity index (χ0v) is 16.2. The van der Waals surface area contributed by atoms with Crippen molar-refractivity contribution in [1.82, 2.24) is 4.90 Å². The fourth-order valence-electron chi connectivity index (χ4n) is 2.34.